The predicted molar refractivity (Wildman–Crippen MR) is 123 cm³/mol. The summed E-state index contributed by atoms with van der Waals surface area (Å²) in [6, 6.07) is 12.3. The molecule has 1 aliphatic carbocycles. The lowest BCUT2D eigenvalue weighted by Crippen LogP contribution is -2.35. The summed E-state index contributed by atoms with van der Waals surface area (Å²) in [5.74, 6) is -0.674. The standard InChI is InChI=1S/C24H25FN4O3S/c25-17-7-11-19(12-8-17)29-22-6-4-5-21(22)23(27-29)24(30)26-18-9-13-20(14-10-18)33(31,32)28-15-2-1-3-16-28/h7-14H,1-6,15-16H2,(H,26,30). The predicted octanol–water partition coefficient (Wildman–Crippen LogP) is 3.93. The van der Waals surface area contributed by atoms with E-state index in [4.69, 9.17) is 0 Å². The Balaban J connectivity index is 1.36. The number of anilines is 1. The number of fused-ring (bicyclic) bond motifs is 1. The van der Waals surface area contributed by atoms with Gasteiger partial charge in [-0.15, -0.1) is 0 Å². The topological polar surface area (TPSA) is 84.3 Å². The molecule has 1 aromatic heterocycles. The van der Waals surface area contributed by atoms with Gasteiger partial charge < -0.3 is 5.32 Å². The number of benzene rings is 2. The highest BCUT2D eigenvalue weighted by atomic mass is 32.2. The number of carbonyl (C=O) groups is 1. The Bertz CT molecular complexity index is 1280. The van der Waals surface area contributed by atoms with Crippen LogP contribution in [0.2, 0.25) is 0 Å². The third-order valence-corrected chi connectivity index (χ3v) is 8.19. The summed E-state index contributed by atoms with van der Waals surface area (Å²) in [5.41, 5.74) is 3.43. The molecule has 0 saturated carbocycles. The van der Waals surface area contributed by atoms with E-state index in [-0.39, 0.29) is 16.6 Å². The lowest BCUT2D eigenvalue weighted by molar-refractivity contribution is 0.102. The molecule has 9 heteroatoms. The van der Waals surface area contributed by atoms with Crippen LogP contribution in [0.15, 0.2) is 53.4 Å². The molecule has 0 radical (unpaired) electrons. The number of amides is 1. The normalized spacial score (nSPS) is 16.5. The molecular weight excluding hydrogens is 443 g/mol. The SMILES string of the molecule is O=C(Nc1ccc(S(=O)(=O)N2CCCCC2)cc1)c1nn(-c2ccc(F)cc2)c2c1CCC2. The van der Waals surface area contributed by atoms with Crippen LogP contribution in [-0.4, -0.2) is 41.5 Å². The molecule has 0 spiro atoms. The van der Waals surface area contributed by atoms with Crippen LogP contribution in [0.1, 0.15) is 47.4 Å². The average molecular weight is 469 g/mol. The Kier molecular flexibility index (Phi) is 5.76. The van der Waals surface area contributed by atoms with Crippen LogP contribution < -0.4 is 5.32 Å². The zero-order valence-corrected chi connectivity index (χ0v) is 18.9. The number of hydrogen-bond donors (Lipinski definition) is 1. The first-order chi connectivity index (χ1) is 15.9. The zero-order valence-electron chi connectivity index (χ0n) is 18.1. The molecule has 2 aliphatic rings. The molecular formula is C24H25FN4O3S. The van der Waals surface area contributed by atoms with E-state index >= 15 is 0 Å². The Morgan fingerprint density at radius 1 is 0.909 bits per heavy atom. The van der Waals surface area contributed by atoms with Crippen molar-refractivity contribution >= 4 is 21.6 Å². The minimum absolute atomic E-state index is 0.226. The fraction of sp³-hybridized carbons (Fsp3) is 0.333. The fourth-order valence-electron chi connectivity index (χ4n) is 4.57. The van der Waals surface area contributed by atoms with Crippen molar-refractivity contribution in [3.05, 3.63) is 71.3 Å². The molecule has 7 nitrogen and oxygen atoms in total. The molecule has 1 N–H and O–H groups in total. The van der Waals surface area contributed by atoms with Crippen molar-refractivity contribution in [2.75, 3.05) is 18.4 Å². The molecule has 1 fully saturated rings. The van der Waals surface area contributed by atoms with Gasteiger partial charge in [0, 0.05) is 30.0 Å². The number of aromatic nitrogens is 2. The van der Waals surface area contributed by atoms with Crippen LogP contribution in [-0.2, 0) is 22.9 Å². The highest BCUT2D eigenvalue weighted by Crippen LogP contribution is 2.29. The van der Waals surface area contributed by atoms with Crippen LogP contribution in [0.5, 0.6) is 0 Å². The molecule has 2 aromatic carbocycles. The highest BCUT2D eigenvalue weighted by Gasteiger charge is 2.28. The van der Waals surface area contributed by atoms with Gasteiger partial charge in [-0.1, -0.05) is 6.42 Å². The van der Waals surface area contributed by atoms with Crippen LogP contribution in [0.3, 0.4) is 0 Å². The Morgan fingerprint density at radius 2 is 1.61 bits per heavy atom. The van der Waals surface area contributed by atoms with Crippen molar-refractivity contribution in [1.82, 2.24) is 14.1 Å². The first-order valence-corrected chi connectivity index (χ1v) is 12.7. The van der Waals surface area contributed by atoms with E-state index in [1.807, 2.05) is 0 Å². The molecule has 172 valence electrons. The largest absolute Gasteiger partial charge is 0.321 e. The molecule has 0 atom stereocenters. The second kappa shape index (κ2) is 8.72. The van der Waals surface area contributed by atoms with Gasteiger partial charge >= 0.3 is 0 Å². The smallest absolute Gasteiger partial charge is 0.276 e. The Hall–Kier alpha value is -3.04. The molecule has 1 aliphatic heterocycles. The summed E-state index contributed by atoms with van der Waals surface area (Å²) in [6.45, 7) is 1.09. The number of carbonyl (C=O) groups excluding carboxylic acids is 1. The number of rotatable bonds is 5. The summed E-state index contributed by atoms with van der Waals surface area (Å²) in [4.78, 5) is 13.3. The van der Waals surface area contributed by atoms with Gasteiger partial charge in [-0.2, -0.15) is 9.40 Å². The van der Waals surface area contributed by atoms with Gasteiger partial charge in [-0.3, -0.25) is 4.79 Å². The van der Waals surface area contributed by atoms with Crippen LogP contribution in [0, 0.1) is 5.82 Å². The number of nitrogens with zero attached hydrogens (tertiary/aromatic N) is 3. The molecule has 33 heavy (non-hydrogen) atoms. The van der Waals surface area contributed by atoms with E-state index in [1.165, 1.54) is 28.6 Å². The van der Waals surface area contributed by atoms with Crippen molar-refractivity contribution in [2.24, 2.45) is 0 Å². The zero-order chi connectivity index (χ0) is 23.0. The maximum Gasteiger partial charge on any atom is 0.276 e. The van der Waals surface area contributed by atoms with E-state index in [2.05, 4.69) is 10.4 Å². The molecule has 1 amide bonds. The number of nitrogens with one attached hydrogen (secondary N) is 1. The molecule has 0 bridgehead atoms. The van der Waals surface area contributed by atoms with Crippen molar-refractivity contribution in [3.8, 4) is 5.69 Å². The summed E-state index contributed by atoms with van der Waals surface area (Å²) in [6.07, 6.45) is 5.29. The molecule has 3 aromatic rings. The van der Waals surface area contributed by atoms with Gasteiger partial charge in [-0.05, 0) is 80.6 Å². The minimum Gasteiger partial charge on any atom is -0.321 e. The van der Waals surface area contributed by atoms with Crippen molar-refractivity contribution in [2.45, 2.75) is 43.4 Å². The van der Waals surface area contributed by atoms with Crippen molar-refractivity contribution in [1.29, 1.82) is 0 Å². The van der Waals surface area contributed by atoms with Gasteiger partial charge in [0.05, 0.1) is 10.6 Å². The maximum atomic E-state index is 13.3. The highest BCUT2D eigenvalue weighted by molar-refractivity contribution is 7.89. The number of piperidine rings is 1. The first-order valence-electron chi connectivity index (χ1n) is 11.2. The van der Waals surface area contributed by atoms with Crippen LogP contribution in [0.4, 0.5) is 10.1 Å². The van der Waals surface area contributed by atoms with Gasteiger partial charge in [0.2, 0.25) is 10.0 Å². The molecule has 5 rings (SSSR count). The van der Waals surface area contributed by atoms with E-state index in [0.717, 1.165) is 49.8 Å². The monoisotopic (exact) mass is 468 g/mol. The van der Waals surface area contributed by atoms with Crippen molar-refractivity contribution in [3.63, 3.8) is 0 Å². The van der Waals surface area contributed by atoms with Crippen LogP contribution >= 0.6 is 0 Å². The van der Waals surface area contributed by atoms with E-state index in [9.17, 15) is 17.6 Å². The maximum absolute atomic E-state index is 13.3. The second-order valence-corrected chi connectivity index (χ2v) is 10.4. The minimum atomic E-state index is -3.52. The second-order valence-electron chi connectivity index (χ2n) is 8.46. The molecule has 2 heterocycles. The van der Waals surface area contributed by atoms with E-state index in [0.29, 0.717) is 30.2 Å². The summed E-state index contributed by atoms with van der Waals surface area (Å²) in [5, 5.41) is 7.36. The van der Waals surface area contributed by atoms with Gasteiger partial charge in [-0.25, -0.2) is 17.5 Å². The number of sulfonamides is 1. The number of hydrogen-bond acceptors (Lipinski definition) is 4. The third-order valence-electron chi connectivity index (χ3n) is 6.28. The summed E-state index contributed by atoms with van der Waals surface area (Å²) >= 11 is 0. The first kappa shape index (κ1) is 21.8. The van der Waals surface area contributed by atoms with Gasteiger partial charge in [0.25, 0.3) is 5.91 Å². The molecule has 1 saturated heterocycles. The van der Waals surface area contributed by atoms with Crippen molar-refractivity contribution < 1.29 is 17.6 Å². The quantitative estimate of drug-likeness (QED) is 0.615. The number of halogens is 1. The summed E-state index contributed by atoms with van der Waals surface area (Å²) in [7, 11) is -3.52. The lowest BCUT2D eigenvalue weighted by Gasteiger charge is -2.25. The van der Waals surface area contributed by atoms with Gasteiger partial charge in [0.15, 0.2) is 5.69 Å². The van der Waals surface area contributed by atoms with E-state index < -0.39 is 10.0 Å². The molecule has 0 unspecified atom stereocenters. The Morgan fingerprint density at radius 3 is 2.30 bits per heavy atom. The summed E-state index contributed by atoms with van der Waals surface area (Å²) < 4.78 is 42.2. The average Bonchev–Trinajstić information content (AvgIpc) is 3.44. The fourth-order valence-corrected chi connectivity index (χ4v) is 6.09. The van der Waals surface area contributed by atoms with Crippen LogP contribution in [0.25, 0.3) is 5.69 Å². The van der Waals surface area contributed by atoms with Gasteiger partial charge in [0.1, 0.15) is 5.82 Å². The van der Waals surface area contributed by atoms with E-state index in [1.54, 1.807) is 28.9 Å². The Labute approximate surface area is 192 Å². The third kappa shape index (κ3) is 4.18. The lowest BCUT2D eigenvalue weighted by atomic mass is 10.2.